The van der Waals surface area contributed by atoms with Crippen molar-refractivity contribution in [1.29, 1.82) is 0 Å². The number of amides is 1. The molecule has 0 aliphatic heterocycles. The van der Waals surface area contributed by atoms with Gasteiger partial charge in [-0.2, -0.15) is 5.10 Å². The summed E-state index contributed by atoms with van der Waals surface area (Å²) in [5.41, 5.74) is 3.86. The van der Waals surface area contributed by atoms with Gasteiger partial charge in [-0.15, -0.1) is 0 Å². The van der Waals surface area contributed by atoms with Crippen LogP contribution in [0.3, 0.4) is 0 Å². The van der Waals surface area contributed by atoms with Gasteiger partial charge in [0.1, 0.15) is 6.04 Å². The van der Waals surface area contributed by atoms with E-state index in [1.54, 1.807) is 4.68 Å². The van der Waals surface area contributed by atoms with Crippen molar-refractivity contribution in [2.45, 2.75) is 26.8 Å². The Balaban J connectivity index is 1.91. The molecule has 1 aromatic heterocycles. The number of rotatable bonds is 5. The predicted octanol–water partition coefficient (Wildman–Crippen LogP) is 1.30. The molecule has 3 N–H and O–H groups in total. The summed E-state index contributed by atoms with van der Waals surface area (Å²) in [6.45, 7) is 6.35. The van der Waals surface area contributed by atoms with Crippen molar-refractivity contribution >= 4 is 11.6 Å². The second kappa shape index (κ2) is 6.54. The number of nitrogens with two attached hydrogens (primary N) is 1. The first kappa shape index (κ1) is 15.3. The predicted molar refractivity (Wildman–Crippen MR) is 83.0 cm³/mol. The molecule has 2 rings (SSSR count). The molecule has 5 nitrogen and oxygen atoms in total. The quantitative estimate of drug-likeness (QED) is 0.870. The molecule has 21 heavy (non-hydrogen) atoms. The summed E-state index contributed by atoms with van der Waals surface area (Å²) in [5, 5.41) is 9.28. The van der Waals surface area contributed by atoms with Crippen molar-refractivity contribution in [2.75, 3.05) is 11.9 Å². The van der Waals surface area contributed by atoms with E-state index in [2.05, 4.69) is 29.5 Å². The van der Waals surface area contributed by atoms with E-state index in [1.807, 2.05) is 44.4 Å². The second-order valence-corrected chi connectivity index (χ2v) is 5.36. The molecule has 1 amide bonds. The summed E-state index contributed by atoms with van der Waals surface area (Å²) < 4.78 is 1.78. The molecular weight excluding hydrogens is 264 g/mol. The van der Waals surface area contributed by atoms with Crippen LogP contribution in [0.25, 0.3) is 0 Å². The zero-order valence-electron chi connectivity index (χ0n) is 13.1. The van der Waals surface area contributed by atoms with Gasteiger partial charge in [-0.1, -0.05) is 30.3 Å². The highest BCUT2D eigenvalue weighted by atomic mass is 16.1. The number of nitrogens with one attached hydrogen (secondary N) is 1. The average Bonchev–Trinajstić information content (AvgIpc) is 2.72. The van der Waals surface area contributed by atoms with E-state index in [4.69, 9.17) is 0 Å². The molecule has 0 unspecified atom stereocenters. The molecule has 0 aliphatic carbocycles. The molecule has 1 atom stereocenters. The summed E-state index contributed by atoms with van der Waals surface area (Å²) in [7, 11) is 1.88. The highest BCUT2D eigenvalue weighted by Gasteiger charge is 2.15. The van der Waals surface area contributed by atoms with Gasteiger partial charge >= 0.3 is 0 Å². The molecule has 0 spiro atoms. The van der Waals surface area contributed by atoms with Crippen LogP contribution in [-0.4, -0.2) is 22.2 Å². The Kier molecular flexibility index (Phi) is 4.75. The minimum absolute atomic E-state index is 0.00280. The lowest BCUT2D eigenvalue weighted by Crippen LogP contribution is -2.86. The third-order valence-electron chi connectivity index (χ3n) is 3.76. The van der Waals surface area contributed by atoms with Gasteiger partial charge < -0.3 is 10.6 Å². The van der Waals surface area contributed by atoms with Crippen LogP contribution in [0.4, 0.5) is 5.69 Å². The number of aryl methyl sites for hydroxylation is 2. The SMILES string of the molecule is Cc1nn(C)c(C)c1NC(=O)C[NH2+][C@@H](C)c1ccccc1. The summed E-state index contributed by atoms with van der Waals surface area (Å²) in [6, 6.07) is 10.4. The van der Waals surface area contributed by atoms with Crippen molar-refractivity contribution in [1.82, 2.24) is 9.78 Å². The lowest BCUT2D eigenvalue weighted by molar-refractivity contribution is -0.682. The normalized spacial score (nSPS) is 12.2. The fourth-order valence-electron chi connectivity index (χ4n) is 2.32. The highest BCUT2D eigenvalue weighted by molar-refractivity contribution is 5.92. The van der Waals surface area contributed by atoms with E-state index < -0.39 is 0 Å². The summed E-state index contributed by atoms with van der Waals surface area (Å²) in [6.07, 6.45) is 0. The monoisotopic (exact) mass is 287 g/mol. The van der Waals surface area contributed by atoms with E-state index in [0.29, 0.717) is 6.54 Å². The van der Waals surface area contributed by atoms with E-state index in [1.165, 1.54) is 5.56 Å². The van der Waals surface area contributed by atoms with Crippen LogP contribution in [0.15, 0.2) is 30.3 Å². The van der Waals surface area contributed by atoms with E-state index in [-0.39, 0.29) is 11.9 Å². The molecule has 0 radical (unpaired) electrons. The smallest absolute Gasteiger partial charge is 0.279 e. The average molecular weight is 287 g/mol. The summed E-state index contributed by atoms with van der Waals surface area (Å²) >= 11 is 0. The van der Waals surface area contributed by atoms with Gasteiger partial charge in [0.05, 0.1) is 17.1 Å². The van der Waals surface area contributed by atoms with Crippen LogP contribution in [-0.2, 0) is 11.8 Å². The zero-order valence-corrected chi connectivity index (χ0v) is 13.1. The molecular formula is C16H23N4O+. The fraction of sp³-hybridized carbons (Fsp3) is 0.375. The lowest BCUT2D eigenvalue weighted by atomic mass is 10.1. The standard InChI is InChI=1S/C16H22N4O/c1-11(14-8-6-5-7-9-14)17-10-15(21)18-16-12(2)19-20(4)13(16)3/h5-9,11,17H,10H2,1-4H3,(H,18,21)/p+1/t11-/m0/s1. The molecule has 0 saturated heterocycles. The number of carbonyl (C=O) groups excluding carboxylic acids is 1. The minimum Gasteiger partial charge on any atom is -0.333 e. The van der Waals surface area contributed by atoms with E-state index in [0.717, 1.165) is 17.1 Å². The number of quaternary nitrogens is 1. The number of nitrogens with zero attached hydrogens (tertiary/aromatic N) is 2. The minimum atomic E-state index is -0.00280. The van der Waals surface area contributed by atoms with Crippen LogP contribution in [0, 0.1) is 13.8 Å². The van der Waals surface area contributed by atoms with Crippen LogP contribution < -0.4 is 10.6 Å². The highest BCUT2D eigenvalue weighted by Crippen LogP contribution is 2.17. The molecule has 0 bridgehead atoms. The Labute approximate surface area is 125 Å². The summed E-state index contributed by atoms with van der Waals surface area (Å²) in [5.74, 6) is -0.00280. The van der Waals surface area contributed by atoms with E-state index >= 15 is 0 Å². The van der Waals surface area contributed by atoms with Crippen LogP contribution in [0.5, 0.6) is 0 Å². The largest absolute Gasteiger partial charge is 0.333 e. The van der Waals surface area contributed by atoms with Gasteiger partial charge in [-0.05, 0) is 20.8 Å². The first-order chi connectivity index (χ1) is 9.99. The molecule has 5 heteroatoms. The maximum absolute atomic E-state index is 12.1. The lowest BCUT2D eigenvalue weighted by Gasteiger charge is -2.11. The maximum atomic E-state index is 12.1. The number of aromatic nitrogens is 2. The summed E-state index contributed by atoms with van der Waals surface area (Å²) in [4.78, 5) is 12.1. The second-order valence-electron chi connectivity index (χ2n) is 5.36. The molecule has 0 fully saturated rings. The van der Waals surface area contributed by atoms with Crippen LogP contribution >= 0.6 is 0 Å². The van der Waals surface area contributed by atoms with Crippen LogP contribution in [0.2, 0.25) is 0 Å². The molecule has 0 aliphatic rings. The molecule has 1 aromatic carbocycles. The Morgan fingerprint density at radius 1 is 1.33 bits per heavy atom. The van der Waals surface area contributed by atoms with Gasteiger partial charge in [-0.3, -0.25) is 9.48 Å². The van der Waals surface area contributed by atoms with Crippen molar-refractivity contribution in [3.05, 3.63) is 47.3 Å². The third kappa shape index (κ3) is 3.70. The third-order valence-corrected chi connectivity index (χ3v) is 3.76. The van der Waals surface area contributed by atoms with Crippen molar-refractivity contribution in [2.24, 2.45) is 7.05 Å². The maximum Gasteiger partial charge on any atom is 0.279 e. The molecule has 1 heterocycles. The topological polar surface area (TPSA) is 63.5 Å². The molecule has 0 saturated carbocycles. The fourth-order valence-corrected chi connectivity index (χ4v) is 2.32. The van der Waals surface area contributed by atoms with Gasteiger partial charge in [0.2, 0.25) is 0 Å². The van der Waals surface area contributed by atoms with Crippen LogP contribution in [0.1, 0.15) is 29.9 Å². The van der Waals surface area contributed by atoms with Crippen molar-refractivity contribution in [3.8, 4) is 0 Å². The Bertz CT molecular complexity index is 619. The molecule has 2 aromatic rings. The van der Waals surface area contributed by atoms with E-state index in [9.17, 15) is 4.79 Å². The van der Waals surface area contributed by atoms with Gasteiger partial charge in [0.15, 0.2) is 6.54 Å². The van der Waals surface area contributed by atoms with Gasteiger partial charge in [0.25, 0.3) is 5.91 Å². The Morgan fingerprint density at radius 3 is 2.57 bits per heavy atom. The molecule has 112 valence electrons. The zero-order chi connectivity index (χ0) is 15.4. The number of hydrogen-bond donors (Lipinski definition) is 2. The first-order valence-corrected chi connectivity index (χ1v) is 7.17. The van der Waals surface area contributed by atoms with Gasteiger partial charge in [-0.25, -0.2) is 0 Å². The number of carbonyl (C=O) groups is 1. The number of hydrogen-bond acceptors (Lipinski definition) is 2. The number of anilines is 1. The number of benzene rings is 1. The Hall–Kier alpha value is -2.14. The first-order valence-electron chi connectivity index (χ1n) is 7.17. The van der Waals surface area contributed by atoms with Crippen molar-refractivity contribution < 1.29 is 10.1 Å². The van der Waals surface area contributed by atoms with Crippen molar-refractivity contribution in [3.63, 3.8) is 0 Å². The van der Waals surface area contributed by atoms with Gasteiger partial charge in [0, 0.05) is 12.6 Å². The Morgan fingerprint density at radius 2 is 2.00 bits per heavy atom.